The summed E-state index contributed by atoms with van der Waals surface area (Å²) in [6.07, 6.45) is -0.0238. The number of hydrazine groups is 1. The molecule has 1 heterocycles. The van der Waals surface area contributed by atoms with Crippen LogP contribution in [0.5, 0.6) is 0 Å². The fourth-order valence-electron chi connectivity index (χ4n) is 1.79. The van der Waals surface area contributed by atoms with E-state index in [1.165, 1.54) is 0 Å². The van der Waals surface area contributed by atoms with Crippen LogP contribution in [0.4, 0.5) is 4.79 Å². The molecule has 0 bridgehead atoms. The Morgan fingerprint density at radius 2 is 2.00 bits per heavy atom. The average molecular weight is 249 g/mol. The van der Waals surface area contributed by atoms with E-state index >= 15 is 0 Å². The lowest BCUT2D eigenvalue weighted by Gasteiger charge is -2.12. The zero-order valence-electron chi connectivity index (χ0n) is 9.89. The fourth-order valence-corrected chi connectivity index (χ4v) is 1.79. The molecule has 1 aromatic carbocycles. The van der Waals surface area contributed by atoms with Gasteiger partial charge in [0, 0.05) is 6.54 Å². The SMILES string of the molecule is NNC(=O)Cc1ccc(CN2CCOC2=O)cc1. The van der Waals surface area contributed by atoms with Crippen LogP contribution in [0, 0.1) is 0 Å². The number of carbonyl (C=O) groups is 2. The molecule has 2 rings (SSSR count). The maximum absolute atomic E-state index is 11.3. The third kappa shape index (κ3) is 2.98. The summed E-state index contributed by atoms with van der Waals surface area (Å²) < 4.78 is 4.85. The largest absolute Gasteiger partial charge is 0.448 e. The number of amides is 2. The first-order valence-corrected chi connectivity index (χ1v) is 5.68. The van der Waals surface area contributed by atoms with E-state index in [1.54, 1.807) is 4.90 Å². The molecule has 1 saturated heterocycles. The van der Waals surface area contributed by atoms with Gasteiger partial charge >= 0.3 is 6.09 Å². The van der Waals surface area contributed by atoms with Crippen LogP contribution in [0.1, 0.15) is 11.1 Å². The molecule has 1 aliphatic rings. The van der Waals surface area contributed by atoms with Gasteiger partial charge < -0.3 is 9.64 Å². The van der Waals surface area contributed by atoms with E-state index in [9.17, 15) is 9.59 Å². The van der Waals surface area contributed by atoms with Gasteiger partial charge in [0.25, 0.3) is 0 Å². The molecule has 0 saturated carbocycles. The monoisotopic (exact) mass is 249 g/mol. The number of cyclic esters (lactones) is 1. The Balaban J connectivity index is 1.95. The third-order valence-corrected chi connectivity index (χ3v) is 2.77. The standard InChI is InChI=1S/C12H15N3O3/c13-14-11(16)7-9-1-3-10(4-2-9)8-15-5-6-18-12(15)17/h1-4H,5-8,13H2,(H,14,16). The number of nitrogens with two attached hydrogens (primary N) is 1. The van der Waals surface area contributed by atoms with E-state index in [2.05, 4.69) is 5.43 Å². The highest BCUT2D eigenvalue weighted by Gasteiger charge is 2.21. The van der Waals surface area contributed by atoms with Crippen molar-refractivity contribution in [2.45, 2.75) is 13.0 Å². The molecule has 2 amide bonds. The summed E-state index contributed by atoms with van der Waals surface area (Å²) in [5, 5.41) is 0. The van der Waals surface area contributed by atoms with Crippen LogP contribution in [0.15, 0.2) is 24.3 Å². The summed E-state index contributed by atoms with van der Waals surface area (Å²) >= 11 is 0. The van der Waals surface area contributed by atoms with Crippen LogP contribution >= 0.6 is 0 Å². The number of rotatable bonds is 4. The number of hydrogen-bond acceptors (Lipinski definition) is 4. The maximum atomic E-state index is 11.3. The molecule has 0 unspecified atom stereocenters. The quantitative estimate of drug-likeness (QED) is 0.452. The van der Waals surface area contributed by atoms with Gasteiger partial charge in [0.15, 0.2) is 0 Å². The fraction of sp³-hybridized carbons (Fsp3) is 0.333. The van der Waals surface area contributed by atoms with Gasteiger partial charge in [0.2, 0.25) is 5.91 Å². The van der Waals surface area contributed by atoms with E-state index in [0.29, 0.717) is 19.7 Å². The van der Waals surface area contributed by atoms with Crippen LogP contribution in [0.25, 0.3) is 0 Å². The Morgan fingerprint density at radius 1 is 1.33 bits per heavy atom. The van der Waals surface area contributed by atoms with Crippen LogP contribution in [0.2, 0.25) is 0 Å². The summed E-state index contributed by atoms with van der Waals surface area (Å²) in [5.74, 6) is 4.79. The summed E-state index contributed by atoms with van der Waals surface area (Å²) in [6.45, 7) is 1.60. The molecule has 6 heteroatoms. The number of carbonyl (C=O) groups excluding carboxylic acids is 2. The van der Waals surface area contributed by atoms with Crippen molar-refractivity contribution < 1.29 is 14.3 Å². The number of hydrogen-bond donors (Lipinski definition) is 2. The Labute approximate surface area is 105 Å². The predicted octanol–water partition coefficient (Wildman–Crippen LogP) is 0.171. The lowest BCUT2D eigenvalue weighted by molar-refractivity contribution is -0.120. The van der Waals surface area contributed by atoms with E-state index in [-0.39, 0.29) is 18.4 Å². The number of ether oxygens (including phenoxy) is 1. The second kappa shape index (κ2) is 5.50. The number of benzene rings is 1. The van der Waals surface area contributed by atoms with E-state index in [0.717, 1.165) is 11.1 Å². The molecular formula is C12H15N3O3. The van der Waals surface area contributed by atoms with Crippen molar-refractivity contribution in [3.8, 4) is 0 Å². The second-order valence-corrected chi connectivity index (χ2v) is 4.10. The van der Waals surface area contributed by atoms with Crippen molar-refractivity contribution in [3.63, 3.8) is 0 Å². The summed E-state index contributed by atoms with van der Waals surface area (Å²) in [4.78, 5) is 24.0. The molecule has 18 heavy (non-hydrogen) atoms. The highest BCUT2D eigenvalue weighted by molar-refractivity contribution is 5.77. The summed E-state index contributed by atoms with van der Waals surface area (Å²) in [7, 11) is 0. The minimum absolute atomic E-state index is 0.231. The Morgan fingerprint density at radius 3 is 2.56 bits per heavy atom. The van der Waals surface area contributed by atoms with Crippen molar-refractivity contribution in [2.75, 3.05) is 13.2 Å². The molecule has 0 radical (unpaired) electrons. The molecule has 0 aliphatic carbocycles. The Kier molecular flexibility index (Phi) is 3.78. The highest BCUT2D eigenvalue weighted by Crippen LogP contribution is 2.11. The third-order valence-electron chi connectivity index (χ3n) is 2.77. The summed E-state index contributed by atoms with van der Waals surface area (Å²) in [5.41, 5.74) is 3.97. The van der Waals surface area contributed by atoms with Crippen molar-refractivity contribution in [1.82, 2.24) is 10.3 Å². The van der Waals surface area contributed by atoms with E-state index in [4.69, 9.17) is 10.6 Å². The molecule has 0 atom stereocenters. The molecule has 1 fully saturated rings. The lowest BCUT2D eigenvalue weighted by atomic mass is 10.1. The van der Waals surface area contributed by atoms with Crippen LogP contribution in [-0.4, -0.2) is 30.1 Å². The number of nitrogens with one attached hydrogen (secondary N) is 1. The van der Waals surface area contributed by atoms with Gasteiger partial charge in [0.05, 0.1) is 13.0 Å². The van der Waals surface area contributed by atoms with Gasteiger partial charge in [0.1, 0.15) is 6.61 Å². The normalized spacial score (nSPS) is 14.5. The van der Waals surface area contributed by atoms with Crippen LogP contribution in [-0.2, 0) is 22.5 Å². The minimum Gasteiger partial charge on any atom is -0.448 e. The first-order valence-electron chi connectivity index (χ1n) is 5.68. The predicted molar refractivity (Wildman–Crippen MR) is 64.2 cm³/mol. The minimum atomic E-state index is -0.276. The van der Waals surface area contributed by atoms with Gasteiger partial charge in [-0.05, 0) is 11.1 Å². The van der Waals surface area contributed by atoms with Crippen molar-refractivity contribution in [2.24, 2.45) is 5.84 Å². The first-order chi connectivity index (χ1) is 8.69. The van der Waals surface area contributed by atoms with Crippen LogP contribution in [0.3, 0.4) is 0 Å². The maximum Gasteiger partial charge on any atom is 0.410 e. The Bertz CT molecular complexity index is 444. The molecule has 3 N–H and O–H groups in total. The summed E-state index contributed by atoms with van der Waals surface area (Å²) in [6, 6.07) is 7.49. The van der Waals surface area contributed by atoms with Gasteiger partial charge in [-0.1, -0.05) is 24.3 Å². The van der Waals surface area contributed by atoms with E-state index in [1.807, 2.05) is 24.3 Å². The topological polar surface area (TPSA) is 84.7 Å². The number of nitrogens with zero attached hydrogens (tertiary/aromatic N) is 1. The molecule has 1 aliphatic heterocycles. The highest BCUT2D eigenvalue weighted by atomic mass is 16.6. The molecular weight excluding hydrogens is 234 g/mol. The molecule has 1 aromatic rings. The second-order valence-electron chi connectivity index (χ2n) is 4.10. The lowest BCUT2D eigenvalue weighted by Crippen LogP contribution is -2.31. The smallest absolute Gasteiger partial charge is 0.410 e. The van der Waals surface area contributed by atoms with Gasteiger partial charge in [-0.3, -0.25) is 10.2 Å². The molecule has 96 valence electrons. The van der Waals surface area contributed by atoms with Gasteiger partial charge in [-0.25, -0.2) is 10.6 Å². The van der Waals surface area contributed by atoms with Crippen molar-refractivity contribution >= 4 is 12.0 Å². The molecule has 0 spiro atoms. The zero-order valence-corrected chi connectivity index (χ0v) is 9.89. The van der Waals surface area contributed by atoms with Crippen molar-refractivity contribution in [1.29, 1.82) is 0 Å². The molecule has 0 aromatic heterocycles. The zero-order chi connectivity index (χ0) is 13.0. The van der Waals surface area contributed by atoms with Gasteiger partial charge in [-0.2, -0.15) is 0 Å². The Hall–Kier alpha value is -2.08. The molecule has 6 nitrogen and oxygen atoms in total. The van der Waals surface area contributed by atoms with Crippen molar-refractivity contribution in [3.05, 3.63) is 35.4 Å². The average Bonchev–Trinajstić information content (AvgIpc) is 2.77. The van der Waals surface area contributed by atoms with Gasteiger partial charge in [-0.15, -0.1) is 0 Å². The van der Waals surface area contributed by atoms with Crippen LogP contribution < -0.4 is 11.3 Å². The van der Waals surface area contributed by atoms with E-state index < -0.39 is 0 Å². The first kappa shape index (κ1) is 12.4.